The van der Waals surface area contributed by atoms with Gasteiger partial charge in [-0.05, 0) is 12.8 Å². The maximum absolute atomic E-state index is 11.5. The summed E-state index contributed by atoms with van der Waals surface area (Å²) in [4.78, 5) is 22.1. The van der Waals surface area contributed by atoms with Crippen LogP contribution in [0.4, 0.5) is 0 Å². The van der Waals surface area contributed by atoms with Gasteiger partial charge in [0.15, 0.2) is 0 Å². The third-order valence-corrected chi connectivity index (χ3v) is 2.93. The summed E-state index contributed by atoms with van der Waals surface area (Å²) in [6, 6.07) is -1.24. The molecule has 0 aromatic carbocycles. The van der Waals surface area contributed by atoms with Crippen LogP contribution in [0.5, 0.6) is 0 Å². The number of carboxylic acid groups (broad SMARTS) is 1. The van der Waals surface area contributed by atoms with Crippen molar-refractivity contribution in [3.63, 3.8) is 0 Å². The SMILES string of the molecule is NC1(CC(=O)N[C@H](CO)C(=O)O)CCCC1. The van der Waals surface area contributed by atoms with Gasteiger partial charge in [0.1, 0.15) is 6.04 Å². The van der Waals surface area contributed by atoms with Crippen LogP contribution in [-0.2, 0) is 9.59 Å². The highest BCUT2D eigenvalue weighted by molar-refractivity contribution is 5.84. The highest BCUT2D eigenvalue weighted by Crippen LogP contribution is 2.29. The average Bonchev–Trinajstić information content (AvgIpc) is 2.60. The van der Waals surface area contributed by atoms with E-state index in [4.69, 9.17) is 15.9 Å². The molecule has 0 aromatic heterocycles. The summed E-state index contributed by atoms with van der Waals surface area (Å²) in [6.45, 7) is -0.612. The quantitative estimate of drug-likeness (QED) is 0.494. The van der Waals surface area contributed by atoms with Crippen molar-refractivity contribution in [2.24, 2.45) is 5.73 Å². The molecule has 1 fully saturated rings. The number of nitrogens with two attached hydrogens (primary N) is 1. The number of hydrogen-bond donors (Lipinski definition) is 4. The van der Waals surface area contributed by atoms with Crippen molar-refractivity contribution < 1.29 is 19.8 Å². The lowest BCUT2D eigenvalue weighted by Crippen LogP contribution is -2.48. The first-order valence-electron chi connectivity index (χ1n) is 5.39. The normalized spacial score (nSPS) is 20.4. The highest BCUT2D eigenvalue weighted by atomic mass is 16.4. The summed E-state index contributed by atoms with van der Waals surface area (Å²) in [7, 11) is 0. The number of carbonyl (C=O) groups is 2. The lowest BCUT2D eigenvalue weighted by molar-refractivity contribution is -0.143. The minimum atomic E-state index is -1.24. The van der Waals surface area contributed by atoms with Gasteiger partial charge in [0.2, 0.25) is 5.91 Å². The predicted octanol–water partition coefficient (Wildman–Crippen LogP) is -0.790. The smallest absolute Gasteiger partial charge is 0.328 e. The van der Waals surface area contributed by atoms with Crippen molar-refractivity contribution in [2.45, 2.75) is 43.7 Å². The molecule has 0 heterocycles. The van der Waals surface area contributed by atoms with E-state index in [1.54, 1.807) is 0 Å². The van der Waals surface area contributed by atoms with E-state index < -0.39 is 30.1 Å². The monoisotopic (exact) mass is 230 g/mol. The van der Waals surface area contributed by atoms with E-state index >= 15 is 0 Å². The van der Waals surface area contributed by atoms with Gasteiger partial charge < -0.3 is 21.3 Å². The van der Waals surface area contributed by atoms with Gasteiger partial charge in [0, 0.05) is 12.0 Å². The molecule has 1 aliphatic rings. The molecule has 0 aliphatic heterocycles. The van der Waals surface area contributed by atoms with Gasteiger partial charge in [-0.1, -0.05) is 12.8 Å². The minimum absolute atomic E-state index is 0.122. The minimum Gasteiger partial charge on any atom is -0.480 e. The molecular weight excluding hydrogens is 212 g/mol. The van der Waals surface area contributed by atoms with E-state index in [1.165, 1.54) is 0 Å². The fraction of sp³-hybridized carbons (Fsp3) is 0.800. The second-order valence-electron chi connectivity index (χ2n) is 4.39. The van der Waals surface area contributed by atoms with E-state index in [0.29, 0.717) is 0 Å². The second kappa shape index (κ2) is 5.27. The fourth-order valence-corrected chi connectivity index (χ4v) is 2.01. The van der Waals surface area contributed by atoms with Gasteiger partial charge in [-0.25, -0.2) is 4.79 Å². The van der Waals surface area contributed by atoms with Crippen LogP contribution in [0.15, 0.2) is 0 Å². The Bertz CT molecular complexity index is 274. The van der Waals surface area contributed by atoms with Crippen LogP contribution in [0.2, 0.25) is 0 Å². The molecule has 0 radical (unpaired) electrons. The number of carbonyl (C=O) groups excluding carboxylic acids is 1. The van der Waals surface area contributed by atoms with Gasteiger partial charge in [-0.3, -0.25) is 4.79 Å². The number of hydrogen-bond acceptors (Lipinski definition) is 4. The van der Waals surface area contributed by atoms with Crippen LogP contribution in [0.1, 0.15) is 32.1 Å². The van der Waals surface area contributed by atoms with Crippen molar-refractivity contribution in [2.75, 3.05) is 6.61 Å². The first-order valence-corrected chi connectivity index (χ1v) is 5.39. The summed E-state index contributed by atoms with van der Waals surface area (Å²) in [5.74, 6) is -1.65. The van der Waals surface area contributed by atoms with Crippen LogP contribution in [-0.4, -0.2) is 40.3 Å². The standard InChI is InChI=1S/C10H18N2O4/c11-10(3-1-2-4-10)5-8(14)12-7(6-13)9(15)16/h7,13H,1-6,11H2,(H,12,14)(H,15,16)/t7-/m1/s1. The van der Waals surface area contributed by atoms with Crippen molar-refractivity contribution >= 4 is 11.9 Å². The zero-order valence-corrected chi connectivity index (χ0v) is 9.11. The molecule has 0 aromatic rings. The van der Waals surface area contributed by atoms with Crippen LogP contribution in [0, 0.1) is 0 Å². The molecule has 6 nitrogen and oxygen atoms in total. The lowest BCUT2D eigenvalue weighted by atomic mass is 9.94. The van der Waals surface area contributed by atoms with E-state index in [9.17, 15) is 9.59 Å². The van der Waals surface area contributed by atoms with Crippen molar-refractivity contribution in [3.8, 4) is 0 Å². The Labute approximate surface area is 93.8 Å². The fourth-order valence-electron chi connectivity index (χ4n) is 2.01. The summed E-state index contributed by atoms with van der Waals surface area (Å²) < 4.78 is 0. The topological polar surface area (TPSA) is 113 Å². The average molecular weight is 230 g/mol. The van der Waals surface area contributed by atoms with Gasteiger partial charge in [0.05, 0.1) is 6.61 Å². The van der Waals surface area contributed by atoms with E-state index in [1.807, 2.05) is 0 Å². The third kappa shape index (κ3) is 3.46. The Morgan fingerprint density at radius 3 is 2.38 bits per heavy atom. The van der Waals surface area contributed by atoms with Gasteiger partial charge in [0.25, 0.3) is 0 Å². The van der Waals surface area contributed by atoms with Crippen molar-refractivity contribution in [1.82, 2.24) is 5.32 Å². The lowest BCUT2D eigenvalue weighted by Gasteiger charge is -2.23. The van der Waals surface area contributed by atoms with E-state index in [-0.39, 0.29) is 6.42 Å². The Balaban J connectivity index is 2.43. The number of nitrogens with one attached hydrogen (secondary N) is 1. The molecule has 0 bridgehead atoms. The Morgan fingerprint density at radius 2 is 1.94 bits per heavy atom. The largest absolute Gasteiger partial charge is 0.480 e. The molecule has 1 amide bonds. The Kier molecular flexibility index (Phi) is 4.26. The molecule has 6 heteroatoms. The molecule has 0 unspecified atom stereocenters. The Morgan fingerprint density at radius 1 is 1.38 bits per heavy atom. The molecule has 16 heavy (non-hydrogen) atoms. The van der Waals surface area contributed by atoms with Gasteiger partial charge in [-0.15, -0.1) is 0 Å². The summed E-state index contributed by atoms with van der Waals surface area (Å²) >= 11 is 0. The first kappa shape index (κ1) is 12.9. The number of aliphatic hydroxyl groups excluding tert-OH is 1. The molecule has 5 N–H and O–H groups in total. The summed E-state index contributed by atoms with van der Waals surface area (Å²) in [5.41, 5.74) is 5.49. The number of rotatable bonds is 5. The number of carboxylic acids is 1. The summed E-state index contributed by atoms with van der Waals surface area (Å²) in [5, 5.41) is 19.6. The number of aliphatic carboxylic acids is 1. The van der Waals surface area contributed by atoms with Crippen LogP contribution in [0.3, 0.4) is 0 Å². The number of aliphatic hydroxyl groups is 1. The molecule has 0 saturated heterocycles. The summed E-state index contributed by atoms with van der Waals surface area (Å²) in [6.07, 6.45) is 3.71. The molecule has 1 aliphatic carbocycles. The van der Waals surface area contributed by atoms with Crippen LogP contribution < -0.4 is 11.1 Å². The molecule has 1 atom stereocenters. The van der Waals surface area contributed by atoms with Crippen molar-refractivity contribution in [1.29, 1.82) is 0 Å². The second-order valence-corrected chi connectivity index (χ2v) is 4.39. The Hall–Kier alpha value is -1.14. The zero-order chi connectivity index (χ0) is 12.2. The van der Waals surface area contributed by atoms with Gasteiger partial charge >= 0.3 is 5.97 Å². The first-order chi connectivity index (χ1) is 7.47. The molecule has 92 valence electrons. The molecule has 0 spiro atoms. The number of amides is 1. The van der Waals surface area contributed by atoms with Gasteiger partial charge in [-0.2, -0.15) is 0 Å². The van der Waals surface area contributed by atoms with Crippen molar-refractivity contribution in [3.05, 3.63) is 0 Å². The molecule has 1 rings (SSSR count). The zero-order valence-electron chi connectivity index (χ0n) is 9.11. The highest BCUT2D eigenvalue weighted by Gasteiger charge is 2.32. The van der Waals surface area contributed by atoms with Crippen LogP contribution >= 0.6 is 0 Å². The predicted molar refractivity (Wildman–Crippen MR) is 56.7 cm³/mol. The third-order valence-electron chi connectivity index (χ3n) is 2.93. The van der Waals surface area contributed by atoms with E-state index in [2.05, 4.69) is 5.32 Å². The van der Waals surface area contributed by atoms with Crippen LogP contribution in [0.25, 0.3) is 0 Å². The molecule has 1 saturated carbocycles. The molecular formula is C10H18N2O4. The van der Waals surface area contributed by atoms with E-state index in [0.717, 1.165) is 25.7 Å². The maximum Gasteiger partial charge on any atom is 0.328 e. The maximum atomic E-state index is 11.5.